The van der Waals surface area contributed by atoms with Crippen LogP contribution in [0.2, 0.25) is 0 Å². The standard InChI is InChI=1S/C13H15BrN2S/c1-9-2-4-10(5-3-9)12(16-15)8-11-6-7-13(14)17-11/h2-7,12,16H,8,15H2,1H3. The van der Waals surface area contributed by atoms with Crippen molar-refractivity contribution in [1.82, 2.24) is 5.43 Å². The summed E-state index contributed by atoms with van der Waals surface area (Å²) in [4.78, 5) is 1.32. The topological polar surface area (TPSA) is 38.0 Å². The van der Waals surface area contributed by atoms with Crippen molar-refractivity contribution >= 4 is 27.3 Å². The number of hydrogen-bond acceptors (Lipinski definition) is 3. The highest BCUT2D eigenvalue weighted by Gasteiger charge is 2.11. The van der Waals surface area contributed by atoms with Crippen molar-refractivity contribution < 1.29 is 0 Å². The van der Waals surface area contributed by atoms with Crippen molar-refractivity contribution in [2.75, 3.05) is 0 Å². The van der Waals surface area contributed by atoms with Crippen LogP contribution in [0.15, 0.2) is 40.2 Å². The molecule has 0 fully saturated rings. The van der Waals surface area contributed by atoms with E-state index in [0.717, 1.165) is 10.2 Å². The van der Waals surface area contributed by atoms with E-state index < -0.39 is 0 Å². The van der Waals surface area contributed by atoms with E-state index in [-0.39, 0.29) is 6.04 Å². The van der Waals surface area contributed by atoms with Gasteiger partial charge in [-0.3, -0.25) is 11.3 Å². The second kappa shape index (κ2) is 5.78. The zero-order chi connectivity index (χ0) is 12.3. The van der Waals surface area contributed by atoms with Crippen LogP contribution in [0.1, 0.15) is 22.0 Å². The van der Waals surface area contributed by atoms with Crippen LogP contribution in [0.5, 0.6) is 0 Å². The Morgan fingerprint density at radius 3 is 2.47 bits per heavy atom. The highest BCUT2D eigenvalue weighted by molar-refractivity contribution is 9.11. The zero-order valence-corrected chi connectivity index (χ0v) is 12.0. The quantitative estimate of drug-likeness (QED) is 0.669. The minimum atomic E-state index is 0.168. The second-order valence-corrected chi connectivity index (χ2v) is 6.59. The van der Waals surface area contributed by atoms with Crippen molar-refractivity contribution in [2.24, 2.45) is 5.84 Å². The fraction of sp³-hybridized carbons (Fsp3) is 0.231. The van der Waals surface area contributed by atoms with Gasteiger partial charge in [0.25, 0.3) is 0 Å². The maximum Gasteiger partial charge on any atom is 0.0701 e. The summed E-state index contributed by atoms with van der Waals surface area (Å²) < 4.78 is 1.16. The molecule has 2 rings (SSSR count). The van der Waals surface area contributed by atoms with Crippen LogP contribution in [-0.2, 0) is 6.42 Å². The first-order chi connectivity index (χ1) is 8.19. The van der Waals surface area contributed by atoms with E-state index in [1.165, 1.54) is 16.0 Å². The van der Waals surface area contributed by atoms with E-state index in [9.17, 15) is 0 Å². The molecule has 1 aromatic carbocycles. The van der Waals surface area contributed by atoms with Gasteiger partial charge in [-0.05, 0) is 40.5 Å². The molecule has 0 spiro atoms. The normalized spacial score (nSPS) is 12.6. The first-order valence-electron chi connectivity index (χ1n) is 5.46. The van der Waals surface area contributed by atoms with E-state index >= 15 is 0 Å². The molecular weight excluding hydrogens is 296 g/mol. The number of thiophene rings is 1. The third-order valence-electron chi connectivity index (χ3n) is 2.72. The average molecular weight is 311 g/mol. The number of rotatable bonds is 4. The van der Waals surface area contributed by atoms with Gasteiger partial charge in [-0.1, -0.05) is 29.8 Å². The SMILES string of the molecule is Cc1ccc(C(Cc2ccc(Br)s2)NN)cc1. The third-order valence-corrected chi connectivity index (χ3v) is 4.36. The van der Waals surface area contributed by atoms with Crippen LogP contribution in [0, 0.1) is 6.92 Å². The molecular formula is C13H15BrN2S. The van der Waals surface area contributed by atoms with Crippen molar-refractivity contribution in [3.8, 4) is 0 Å². The molecule has 0 bridgehead atoms. The number of nitrogens with one attached hydrogen (secondary N) is 1. The molecule has 1 heterocycles. The Morgan fingerprint density at radius 1 is 1.24 bits per heavy atom. The van der Waals surface area contributed by atoms with Crippen LogP contribution in [-0.4, -0.2) is 0 Å². The third kappa shape index (κ3) is 3.39. The van der Waals surface area contributed by atoms with Crippen LogP contribution in [0.3, 0.4) is 0 Å². The molecule has 2 nitrogen and oxygen atoms in total. The maximum absolute atomic E-state index is 5.64. The Kier molecular flexibility index (Phi) is 4.34. The zero-order valence-electron chi connectivity index (χ0n) is 9.61. The molecule has 0 saturated heterocycles. The lowest BCUT2D eigenvalue weighted by Crippen LogP contribution is -2.29. The summed E-state index contributed by atoms with van der Waals surface area (Å²) in [6.07, 6.45) is 0.913. The molecule has 0 saturated carbocycles. The van der Waals surface area contributed by atoms with Gasteiger partial charge >= 0.3 is 0 Å². The lowest BCUT2D eigenvalue weighted by atomic mass is 10.0. The van der Waals surface area contributed by atoms with Crippen molar-refractivity contribution in [3.05, 3.63) is 56.2 Å². The predicted molar refractivity (Wildman–Crippen MR) is 77.0 cm³/mol. The van der Waals surface area contributed by atoms with E-state index in [1.54, 1.807) is 11.3 Å². The van der Waals surface area contributed by atoms with Crippen molar-refractivity contribution in [2.45, 2.75) is 19.4 Å². The molecule has 4 heteroatoms. The van der Waals surface area contributed by atoms with Gasteiger partial charge in [0.1, 0.15) is 0 Å². The smallest absolute Gasteiger partial charge is 0.0701 e. The first-order valence-corrected chi connectivity index (χ1v) is 7.07. The van der Waals surface area contributed by atoms with Gasteiger partial charge in [0.2, 0.25) is 0 Å². The van der Waals surface area contributed by atoms with Crippen LogP contribution >= 0.6 is 27.3 Å². The number of benzene rings is 1. The lowest BCUT2D eigenvalue weighted by Gasteiger charge is -2.15. The number of aryl methyl sites for hydroxylation is 1. The summed E-state index contributed by atoms with van der Waals surface area (Å²) in [5.74, 6) is 5.64. The summed E-state index contributed by atoms with van der Waals surface area (Å²) in [7, 11) is 0. The maximum atomic E-state index is 5.64. The van der Waals surface area contributed by atoms with Crippen molar-refractivity contribution in [3.63, 3.8) is 0 Å². The van der Waals surface area contributed by atoms with Gasteiger partial charge in [-0.15, -0.1) is 11.3 Å². The molecule has 90 valence electrons. The van der Waals surface area contributed by atoms with Crippen molar-refractivity contribution in [1.29, 1.82) is 0 Å². The summed E-state index contributed by atoms with van der Waals surface area (Å²) in [5.41, 5.74) is 5.38. The summed E-state index contributed by atoms with van der Waals surface area (Å²) in [6.45, 7) is 2.09. The van der Waals surface area contributed by atoms with Gasteiger partial charge in [0, 0.05) is 11.3 Å². The van der Waals surface area contributed by atoms with E-state index in [4.69, 9.17) is 5.84 Å². The number of hydrogen-bond donors (Lipinski definition) is 2. The van der Waals surface area contributed by atoms with Gasteiger partial charge in [-0.25, -0.2) is 0 Å². The van der Waals surface area contributed by atoms with Gasteiger partial charge in [0.15, 0.2) is 0 Å². The number of nitrogens with two attached hydrogens (primary N) is 1. The molecule has 17 heavy (non-hydrogen) atoms. The molecule has 0 aliphatic heterocycles. The molecule has 0 radical (unpaired) electrons. The number of hydrazine groups is 1. The molecule has 3 N–H and O–H groups in total. The highest BCUT2D eigenvalue weighted by Crippen LogP contribution is 2.26. The molecule has 0 aliphatic rings. The van der Waals surface area contributed by atoms with Crippen LogP contribution < -0.4 is 11.3 Å². The van der Waals surface area contributed by atoms with E-state index in [1.807, 2.05) is 0 Å². The first kappa shape index (κ1) is 12.8. The second-order valence-electron chi connectivity index (χ2n) is 4.04. The summed E-state index contributed by atoms with van der Waals surface area (Å²) in [6, 6.07) is 12.9. The Morgan fingerprint density at radius 2 is 1.94 bits per heavy atom. The molecule has 1 unspecified atom stereocenters. The number of halogens is 1. The summed E-state index contributed by atoms with van der Waals surface area (Å²) in [5, 5.41) is 0. The fourth-order valence-corrected chi connectivity index (χ4v) is 3.26. The Hall–Kier alpha value is -0.680. The fourth-order valence-electron chi connectivity index (χ4n) is 1.73. The average Bonchev–Trinajstić information content (AvgIpc) is 2.73. The van der Waals surface area contributed by atoms with E-state index in [2.05, 4.69) is 64.7 Å². The minimum Gasteiger partial charge on any atom is -0.271 e. The van der Waals surface area contributed by atoms with Crippen LogP contribution in [0.25, 0.3) is 0 Å². The molecule has 2 aromatic rings. The lowest BCUT2D eigenvalue weighted by molar-refractivity contribution is 0.555. The Labute approximate surface area is 114 Å². The molecule has 1 aromatic heterocycles. The minimum absolute atomic E-state index is 0.168. The molecule has 0 aliphatic carbocycles. The largest absolute Gasteiger partial charge is 0.271 e. The van der Waals surface area contributed by atoms with Gasteiger partial charge in [0.05, 0.1) is 9.83 Å². The predicted octanol–water partition coefficient (Wildman–Crippen LogP) is 3.57. The summed E-state index contributed by atoms with van der Waals surface area (Å²) >= 11 is 5.23. The van der Waals surface area contributed by atoms with Gasteiger partial charge in [-0.2, -0.15) is 0 Å². The Balaban J connectivity index is 2.13. The molecule has 1 atom stereocenters. The molecule has 0 amide bonds. The highest BCUT2D eigenvalue weighted by atomic mass is 79.9. The van der Waals surface area contributed by atoms with E-state index in [0.29, 0.717) is 0 Å². The van der Waals surface area contributed by atoms with Crippen LogP contribution in [0.4, 0.5) is 0 Å². The van der Waals surface area contributed by atoms with Gasteiger partial charge < -0.3 is 0 Å². The Bertz CT molecular complexity index is 478. The monoisotopic (exact) mass is 310 g/mol.